The lowest BCUT2D eigenvalue weighted by atomic mass is 9.88. The Hall–Kier alpha value is -0.910. The molecule has 3 aliphatic heterocycles. The van der Waals surface area contributed by atoms with Crippen molar-refractivity contribution in [3.05, 3.63) is 22.4 Å². The summed E-state index contributed by atoms with van der Waals surface area (Å²) in [5.74, 6) is 1.11. The maximum atomic E-state index is 12.5. The van der Waals surface area contributed by atoms with Gasteiger partial charge in [0.2, 0.25) is 0 Å². The van der Waals surface area contributed by atoms with Gasteiger partial charge in [-0.15, -0.1) is 11.3 Å². The zero-order valence-corrected chi connectivity index (χ0v) is 16.9. The zero-order valence-electron chi connectivity index (χ0n) is 16.1. The van der Waals surface area contributed by atoms with Crippen molar-refractivity contribution in [2.24, 2.45) is 5.92 Å². The van der Waals surface area contributed by atoms with Crippen molar-refractivity contribution in [1.82, 2.24) is 14.7 Å². The fourth-order valence-electron chi connectivity index (χ4n) is 5.20. The van der Waals surface area contributed by atoms with E-state index in [0.29, 0.717) is 6.04 Å². The Morgan fingerprint density at radius 2 is 1.73 bits per heavy atom. The first-order valence-corrected chi connectivity index (χ1v) is 11.4. The highest BCUT2D eigenvalue weighted by Gasteiger charge is 2.33. The van der Waals surface area contributed by atoms with Crippen LogP contribution in [0.2, 0.25) is 0 Å². The minimum Gasteiger partial charge on any atom is -0.338 e. The highest BCUT2D eigenvalue weighted by atomic mass is 32.1. The molecule has 0 aromatic carbocycles. The molecule has 1 amide bonds. The van der Waals surface area contributed by atoms with Gasteiger partial charge in [0, 0.05) is 25.2 Å². The Morgan fingerprint density at radius 3 is 2.35 bits per heavy atom. The molecule has 144 valence electrons. The first kappa shape index (κ1) is 18.5. The Balaban J connectivity index is 1.23. The molecule has 0 N–H and O–H groups in total. The van der Waals surface area contributed by atoms with Gasteiger partial charge in [0.05, 0.1) is 4.88 Å². The largest absolute Gasteiger partial charge is 0.338 e. The lowest BCUT2D eigenvalue weighted by molar-refractivity contribution is 0.0471. The summed E-state index contributed by atoms with van der Waals surface area (Å²) in [7, 11) is 0. The number of likely N-dealkylation sites (tertiary alicyclic amines) is 3. The van der Waals surface area contributed by atoms with Crippen LogP contribution in [0.1, 0.15) is 55.1 Å². The molecule has 0 unspecified atom stereocenters. The van der Waals surface area contributed by atoms with Crippen LogP contribution in [0.3, 0.4) is 0 Å². The molecule has 4 heterocycles. The number of thiophene rings is 1. The predicted molar refractivity (Wildman–Crippen MR) is 108 cm³/mol. The second-order valence-electron chi connectivity index (χ2n) is 8.36. The first-order chi connectivity index (χ1) is 12.7. The molecule has 3 aliphatic rings. The molecule has 0 bridgehead atoms. The summed E-state index contributed by atoms with van der Waals surface area (Å²) in [6.07, 6.45) is 7.78. The summed E-state index contributed by atoms with van der Waals surface area (Å²) in [4.78, 5) is 20.9. The van der Waals surface area contributed by atoms with Gasteiger partial charge in [0.1, 0.15) is 0 Å². The molecule has 1 aromatic heterocycles. The van der Waals surface area contributed by atoms with Gasteiger partial charge in [0.25, 0.3) is 5.91 Å². The molecule has 26 heavy (non-hydrogen) atoms. The smallest absolute Gasteiger partial charge is 0.263 e. The van der Waals surface area contributed by atoms with Crippen molar-refractivity contribution in [2.45, 2.75) is 57.5 Å². The van der Waals surface area contributed by atoms with Crippen LogP contribution in [-0.2, 0) is 0 Å². The van der Waals surface area contributed by atoms with E-state index in [4.69, 9.17) is 0 Å². The predicted octanol–water partition coefficient (Wildman–Crippen LogP) is 3.55. The molecular weight excluding hydrogens is 342 g/mol. The van der Waals surface area contributed by atoms with E-state index in [1.165, 1.54) is 51.9 Å². The number of amides is 1. The minimum absolute atomic E-state index is 0.233. The summed E-state index contributed by atoms with van der Waals surface area (Å²) in [5.41, 5.74) is 0. The van der Waals surface area contributed by atoms with Gasteiger partial charge < -0.3 is 14.7 Å². The first-order valence-electron chi connectivity index (χ1n) is 10.5. The Labute approximate surface area is 162 Å². The summed E-state index contributed by atoms with van der Waals surface area (Å²) >= 11 is 1.56. The standard InChI is InChI=1S/C21H33N3OS/c1-17(22-10-2-3-11-22)18-6-12-23(13-7-18)19-8-14-24(15-9-19)21(25)20-5-4-16-26-20/h4-5,16-19H,2-3,6-15H2,1H3/t17-/m1/s1. The normalized spacial score (nSPS) is 25.7. The summed E-state index contributed by atoms with van der Waals surface area (Å²) in [6, 6.07) is 5.37. The van der Waals surface area contributed by atoms with Crippen LogP contribution >= 0.6 is 11.3 Å². The zero-order chi connectivity index (χ0) is 17.9. The van der Waals surface area contributed by atoms with Crippen LogP contribution in [0, 0.1) is 5.92 Å². The van der Waals surface area contributed by atoms with Gasteiger partial charge in [-0.05, 0) is 89.0 Å². The number of hydrogen-bond acceptors (Lipinski definition) is 4. The highest BCUT2D eigenvalue weighted by Crippen LogP contribution is 2.29. The number of carbonyl (C=O) groups excluding carboxylic acids is 1. The lowest BCUT2D eigenvalue weighted by Gasteiger charge is -2.43. The van der Waals surface area contributed by atoms with Gasteiger partial charge in [-0.2, -0.15) is 0 Å². The van der Waals surface area contributed by atoms with Gasteiger partial charge in [0.15, 0.2) is 0 Å². The average Bonchev–Trinajstić information content (AvgIpc) is 3.41. The third kappa shape index (κ3) is 4.00. The molecule has 0 radical (unpaired) electrons. The van der Waals surface area contributed by atoms with Crippen molar-refractivity contribution in [1.29, 1.82) is 0 Å². The van der Waals surface area contributed by atoms with Crippen LogP contribution in [0.15, 0.2) is 17.5 Å². The SMILES string of the molecule is C[C@H](C1CCN(C2CCN(C(=O)c3cccs3)CC2)CC1)N1CCCC1. The fourth-order valence-corrected chi connectivity index (χ4v) is 5.89. The van der Waals surface area contributed by atoms with E-state index in [2.05, 4.69) is 21.6 Å². The average molecular weight is 376 g/mol. The van der Waals surface area contributed by atoms with Crippen molar-refractivity contribution in [3.8, 4) is 0 Å². The van der Waals surface area contributed by atoms with Crippen LogP contribution in [0.25, 0.3) is 0 Å². The Morgan fingerprint density at radius 1 is 1.04 bits per heavy atom. The highest BCUT2D eigenvalue weighted by molar-refractivity contribution is 7.12. The van der Waals surface area contributed by atoms with E-state index in [9.17, 15) is 4.79 Å². The van der Waals surface area contributed by atoms with Crippen LogP contribution < -0.4 is 0 Å². The molecule has 4 rings (SSSR count). The molecule has 1 atom stereocenters. The van der Waals surface area contributed by atoms with Gasteiger partial charge in [-0.3, -0.25) is 4.79 Å². The van der Waals surface area contributed by atoms with Crippen LogP contribution in [0.4, 0.5) is 0 Å². The van der Waals surface area contributed by atoms with Crippen molar-refractivity contribution < 1.29 is 4.79 Å². The molecule has 0 spiro atoms. The van der Waals surface area contributed by atoms with E-state index in [-0.39, 0.29) is 5.91 Å². The molecule has 0 saturated carbocycles. The van der Waals surface area contributed by atoms with Gasteiger partial charge >= 0.3 is 0 Å². The third-order valence-electron chi connectivity index (χ3n) is 6.97. The summed E-state index contributed by atoms with van der Waals surface area (Å²) < 4.78 is 0. The maximum Gasteiger partial charge on any atom is 0.263 e. The number of piperidine rings is 2. The van der Waals surface area contributed by atoms with Gasteiger partial charge in [-0.1, -0.05) is 6.07 Å². The van der Waals surface area contributed by atoms with Gasteiger partial charge in [-0.25, -0.2) is 0 Å². The molecule has 1 aromatic rings. The van der Waals surface area contributed by atoms with E-state index >= 15 is 0 Å². The number of carbonyl (C=O) groups is 1. The van der Waals surface area contributed by atoms with E-state index in [1.807, 2.05) is 17.5 Å². The second kappa shape index (κ2) is 8.41. The number of nitrogens with zero attached hydrogens (tertiary/aromatic N) is 3. The molecule has 5 heteroatoms. The molecule has 3 fully saturated rings. The van der Waals surface area contributed by atoms with E-state index in [1.54, 1.807) is 11.3 Å². The van der Waals surface area contributed by atoms with Crippen molar-refractivity contribution >= 4 is 17.2 Å². The lowest BCUT2D eigenvalue weighted by Crippen LogP contribution is -2.50. The summed E-state index contributed by atoms with van der Waals surface area (Å²) in [5, 5.41) is 1.99. The topological polar surface area (TPSA) is 26.8 Å². The Bertz CT molecular complexity index is 568. The third-order valence-corrected chi connectivity index (χ3v) is 7.83. The second-order valence-corrected chi connectivity index (χ2v) is 9.31. The summed E-state index contributed by atoms with van der Waals surface area (Å²) in [6.45, 7) is 9.45. The molecular formula is C21H33N3OS. The molecule has 4 nitrogen and oxygen atoms in total. The van der Waals surface area contributed by atoms with Crippen molar-refractivity contribution in [2.75, 3.05) is 39.3 Å². The van der Waals surface area contributed by atoms with Crippen molar-refractivity contribution in [3.63, 3.8) is 0 Å². The van der Waals surface area contributed by atoms with E-state index in [0.717, 1.165) is 42.8 Å². The number of hydrogen-bond donors (Lipinski definition) is 0. The monoisotopic (exact) mass is 375 g/mol. The maximum absolute atomic E-state index is 12.5. The Kier molecular flexibility index (Phi) is 5.97. The molecule has 0 aliphatic carbocycles. The minimum atomic E-state index is 0.233. The van der Waals surface area contributed by atoms with Crippen LogP contribution in [-0.4, -0.2) is 72.0 Å². The molecule has 3 saturated heterocycles. The fraction of sp³-hybridized carbons (Fsp3) is 0.762. The van der Waals surface area contributed by atoms with E-state index < -0.39 is 0 Å². The number of rotatable bonds is 4. The van der Waals surface area contributed by atoms with Crippen LogP contribution in [0.5, 0.6) is 0 Å². The quantitative estimate of drug-likeness (QED) is 0.805.